The molecule has 30 heavy (non-hydrogen) atoms. The first-order chi connectivity index (χ1) is 14.5. The number of nitrogens with zero attached hydrogens (tertiary/aromatic N) is 5. The SMILES string of the molecule is Cc1cc(C(=O)Cn2nnc(-c3ccccc3)n2)c(C)n1CCc1ccc(F)cc1. The van der Waals surface area contributed by atoms with Gasteiger partial charge in [0.25, 0.3) is 0 Å². The Bertz CT molecular complexity index is 1160. The van der Waals surface area contributed by atoms with Gasteiger partial charge in [0, 0.05) is 29.1 Å². The Hall–Kier alpha value is -3.61. The van der Waals surface area contributed by atoms with Gasteiger partial charge in [0.2, 0.25) is 5.82 Å². The van der Waals surface area contributed by atoms with Gasteiger partial charge in [-0.15, -0.1) is 10.2 Å². The molecule has 4 rings (SSSR count). The van der Waals surface area contributed by atoms with E-state index in [9.17, 15) is 9.18 Å². The molecule has 6 nitrogen and oxygen atoms in total. The Kier molecular flexibility index (Phi) is 5.52. The van der Waals surface area contributed by atoms with Crippen LogP contribution in [-0.2, 0) is 19.5 Å². The topological polar surface area (TPSA) is 65.6 Å². The van der Waals surface area contributed by atoms with Crippen molar-refractivity contribution in [2.24, 2.45) is 0 Å². The molecule has 0 amide bonds. The molecule has 7 heteroatoms. The summed E-state index contributed by atoms with van der Waals surface area (Å²) < 4.78 is 15.2. The first-order valence-corrected chi connectivity index (χ1v) is 9.79. The molecule has 0 fully saturated rings. The lowest BCUT2D eigenvalue weighted by Crippen LogP contribution is -2.14. The van der Waals surface area contributed by atoms with E-state index >= 15 is 0 Å². The van der Waals surface area contributed by atoms with Gasteiger partial charge < -0.3 is 4.57 Å². The highest BCUT2D eigenvalue weighted by molar-refractivity contribution is 5.97. The van der Waals surface area contributed by atoms with Crippen LogP contribution in [-0.4, -0.2) is 30.6 Å². The average molecular weight is 403 g/mol. The molecule has 0 N–H and O–H groups in total. The van der Waals surface area contributed by atoms with E-state index in [-0.39, 0.29) is 18.1 Å². The van der Waals surface area contributed by atoms with Crippen LogP contribution < -0.4 is 0 Å². The molecule has 4 aromatic rings. The van der Waals surface area contributed by atoms with E-state index in [1.807, 2.05) is 50.2 Å². The fourth-order valence-electron chi connectivity index (χ4n) is 3.55. The maximum absolute atomic E-state index is 13.1. The molecule has 0 atom stereocenters. The van der Waals surface area contributed by atoms with Crippen LogP contribution in [0.2, 0.25) is 0 Å². The number of hydrogen-bond acceptors (Lipinski definition) is 4. The summed E-state index contributed by atoms with van der Waals surface area (Å²) in [5.74, 6) is 0.193. The van der Waals surface area contributed by atoms with Crippen LogP contribution in [0.3, 0.4) is 0 Å². The van der Waals surface area contributed by atoms with Crippen LogP contribution in [0.4, 0.5) is 4.39 Å². The second-order valence-electron chi connectivity index (χ2n) is 7.25. The third-order valence-electron chi connectivity index (χ3n) is 5.18. The number of tetrazole rings is 1. The van der Waals surface area contributed by atoms with Gasteiger partial charge in [-0.3, -0.25) is 4.79 Å². The standard InChI is InChI=1S/C23H22FN5O/c1-16-14-21(17(2)28(16)13-12-18-8-10-20(24)11-9-18)22(30)15-29-26-23(25-27-29)19-6-4-3-5-7-19/h3-11,14H,12-13,15H2,1-2H3. The molecule has 2 aromatic heterocycles. The van der Waals surface area contributed by atoms with E-state index in [0.29, 0.717) is 11.4 Å². The van der Waals surface area contributed by atoms with E-state index in [1.165, 1.54) is 16.9 Å². The zero-order chi connectivity index (χ0) is 21.1. The lowest BCUT2D eigenvalue weighted by Gasteiger charge is -2.10. The number of carbonyl (C=O) groups excluding carboxylic acids is 1. The van der Waals surface area contributed by atoms with E-state index in [1.54, 1.807) is 12.1 Å². The molecule has 0 unspecified atom stereocenters. The summed E-state index contributed by atoms with van der Waals surface area (Å²) >= 11 is 0. The molecular formula is C23H22FN5O. The lowest BCUT2D eigenvalue weighted by atomic mass is 10.1. The molecule has 0 spiro atoms. The van der Waals surface area contributed by atoms with Crippen molar-refractivity contribution >= 4 is 5.78 Å². The molecule has 2 heterocycles. The zero-order valence-electron chi connectivity index (χ0n) is 16.9. The van der Waals surface area contributed by atoms with Crippen LogP contribution in [0.5, 0.6) is 0 Å². The zero-order valence-corrected chi connectivity index (χ0v) is 16.9. The number of carbonyl (C=O) groups is 1. The molecule has 0 radical (unpaired) electrons. The van der Waals surface area contributed by atoms with Crippen molar-refractivity contribution in [2.75, 3.05) is 0 Å². The first-order valence-electron chi connectivity index (χ1n) is 9.79. The molecule has 2 aromatic carbocycles. The normalized spacial score (nSPS) is 11.0. The van der Waals surface area contributed by atoms with Crippen molar-refractivity contribution in [3.8, 4) is 11.4 Å². The van der Waals surface area contributed by atoms with Gasteiger partial charge in [-0.05, 0) is 49.2 Å². The number of halogens is 1. The molecule has 0 aliphatic rings. The fraction of sp³-hybridized carbons (Fsp3) is 0.217. The Morgan fingerprint density at radius 3 is 2.50 bits per heavy atom. The molecule has 0 saturated heterocycles. The molecule has 152 valence electrons. The second kappa shape index (κ2) is 8.41. The fourth-order valence-corrected chi connectivity index (χ4v) is 3.55. The average Bonchev–Trinajstić information content (AvgIpc) is 3.33. The summed E-state index contributed by atoms with van der Waals surface area (Å²) in [4.78, 5) is 14.2. The van der Waals surface area contributed by atoms with Crippen molar-refractivity contribution in [3.05, 3.63) is 89.0 Å². The lowest BCUT2D eigenvalue weighted by molar-refractivity contribution is 0.0960. The minimum Gasteiger partial charge on any atom is -0.348 e. The number of aryl methyl sites for hydroxylation is 2. The number of benzene rings is 2. The van der Waals surface area contributed by atoms with Crippen LogP contribution in [0.15, 0.2) is 60.7 Å². The first kappa shape index (κ1) is 19.7. The predicted molar refractivity (Wildman–Crippen MR) is 112 cm³/mol. The van der Waals surface area contributed by atoms with Crippen molar-refractivity contribution < 1.29 is 9.18 Å². The molecule has 0 saturated carbocycles. The Morgan fingerprint density at radius 2 is 1.77 bits per heavy atom. The summed E-state index contributed by atoms with van der Waals surface area (Å²) in [7, 11) is 0. The minimum atomic E-state index is -0.239. The number of Topliss-reactive ketones (excluding diaryl/α,β-unsaturated/α-hetero) is 1. The van der Waals surface area contributed by atoms with Crippen molar-refractivity contribution in [2.45, 2.75) is 33.4 Å². The van der Waals surface area contributed by atoms with Gasteiger partial charge in [-0.2, -0.15) is 4.80 Å². The maximum atomic E-state index is 13.1. The molecular weight excluding hydrogens is 381 g/mol. The van der Waals surface area contributed by atoms with Crippen LogP contribution in [0.1, 0.15) is 27.3 Å². The molecule has 0 bridgehead atoms. The molecule has 0 aliphatic heterocycles. The number of hydrogen-bond donors (Lipinski definition) is 0. The van der Waals surface area contributed by atoms with Gasteiger partial charge in [-0.25, -0.2) is 4.39 Å². The summed E-state index contributed by atoms with van der Waals surface area (Å²) in [6.45, 7) is 4.67. The van der Waals surface area contributed by atoms with Gasteiger partial charge in [0.1, 0.15) is 12.4 Å². The van der Waals surface area contributed by atoms with Gasteiger partial charge in [-0.1, -0.05) is 42.5 Å². The van der Waals surface area contributed by atoms with Gasteiger partial charge >= 0.3 is 0 Å². The largest absolute Gasteiger partial charge is 0.348 e. The summed E-state index contributed by atoms with van der Waals surface area (Å²) in [6.07, 6.45) is 0.759. The number of ketones is 1. The third-order valence-corrected chi connectivity index (χ3v) is 5.18. The maximum Gasteiger partial charge on any atom is 0.204 e. The number of aromatic nitrogens is 5. The monoisotopic (exact) mass is 403 g/mol. The van der Waals surface area contributed by atoms with Gasteiger partial charge in [0.05, 0.1) is 0 Å². The Labute approximate surface area is 174 Å². The van der Waals surface area contributed by atoms with E-state index in [0.717, 1.165) is 35.5 Å². The quantitative estimate of drug-likeness (QED) is 0.437. The highest BCUT2D eigenvalue weighted by Crippen LogP contribution is 2.18. The van der Waals surface area contributed by atoms with E-state index < -0.39 is 0 Å². The smallest absolute Gasteiger partial charge is 0.204 e. The van der Waals surface area contributed by atoms with Crippen LogP contribution >= 0.6 is 0 Å². The molecule has 0 aliphatic carbocycles. The highest BCUT2D eigenvalue weighted by atomic mass is 19.1. The van der Waals surface area contributed by atoms with Crippen molar-refractivity contribution in [1.82, 2.24) is 24.8 Å². The summed E-state index contributed by atoms with van der Waals surface area (Å²) in [6, 6.07) is 17.9. The van der Waals surface area contributed by atoms with Gasteiger partial charge in [0.15, 0.2) is 5.78 Å². The second-order valence-corrected chi connectivity index (χ2v) is 7.25. The summed E-state index contributed by atoms with van der Waals surface area (Å²) in [5.41, 5.74) is 4.48. The van der Waals surface area contributed by atoms with Crippen LogP contribution in [0, 0.1) is 19.7 Å². The van der Waals surface area contributed by atoms with E-state index in [2.05, 4.69) is 20.0 Å². The Balaban J connectivity index is 1.46. The minimum absolute atomic E-state index is 0.0299. The van der Waals surface area contributed by atoms with E-state index in [4.69, 9.17) is 0 Å². The highest BCUT2D eigenvalue weighted by Gasteiger charge is 2.17. The third kappa shape index (κ3) is 4.20. The van der Waals surface area contributed by atoms with Crippen molar-refractivity contribution in [1.29, 1.82) is 0 Å². The van der Waals surface area contributed by atoms with Crippen LogP contribution in [0.25, 0.3) is 11.4 Å². The van der Waals surface area contributed by atoms with Crippen molar-refractivity contribution in [3.63, 3.8) is 0 Å². The summed E-state index contributed by atoms with van der Waals surface area (Å²) in [5, 5.41) is 12.4. The number of rotatable bonds is 7. The Morgan fingerprint density at radius 1 is 1.03 bits per heavy atom. The predicted octanol–water partition coefficient (Wildman–Crippen LogP) is 4.02.